The highest BCUT2D eigenvalue weighted by atomic mass is 14.8. The molecule has 0 saturated heterocycles. The molecule has 0 radical (unpaired) electrons. The Morgan fingerprint density at radius 3 is 2.31 bits per heavy atom. The van der Waals surface area contributed by atoms with Crippen LogP contribution in [-0.4, -0.2) is 13.6 Å². The molecule has 1 aromatic rings. The van der Waals surface area contributed by atoms with E-state index in [0.717, 1.165) is 6.54 Å². The topological polar surface area (TPSA) is 12.0 Å². The van der Waals surface area contributed by atoms with Crippen molar-refractivity contribution in [2.75, 3.05) is 13.6 Å². The van der Waals surface area contributed by atoms with Crippen LogP contribution in [0, 0.1) is 0 Å². The molecule has 88 valence electrons. The van der Waals surface area contributed by atoms with Gasteiger partial charge < -0.3 is 5.32 Å². The van der Waals surface area contributed by atoms with Gasteiger partial charge in [0.05, 0.1) is 0 Å². The van der Waals surface area contributed by atoms with Crippen molar-refractivity contribution in [1.29, 1.82) is 0 Å². The Morgan fingerprint density at radius 1 is 1.19 bits per heavy atom. The molecule has 1 saturated carbocycles. The van der Waals surface area contributed by atoms with E-state index in [1.165, 1.54) is 18.4 Å². The third-order valence-corrected chi connectivity index (χ3v) is 3.68. The van der Waals surface area contributed by atoms with Crippen LogP contribution in [-0.2, 0) is 10.8 Å². The summed E-state index contributed by atoms with van der Waals surface area (Å²) < 4.78 is 0. The predicted octanol–water partition coefficient (Wildman–Crippen LogP) is 3.24. The second-order valence-corrected chi connectivity index (χ2v) is 6.11. The monoisotopic (exact) mass is 217 g/mol. The summed E-state index contributed by atoms with van der Waals surface area (Å²) in [5.41, 5.74) is 3.76. The molecule has 0 amide bonds. The Balaban J connectivity index is 2.41. The van der Waals surface area contributed by atoms with Crippen LogP contribution in [0.4, 0.5) is 0 Å². The molecule has 0 atom stereocenters. The van der Waals surface area contributed by atoms with Crippen molar-refractivity contribution in [3.8, 4) is 0 Å². The van der Waals surface area contributed by atoms with E-state index in [-0.39, 0.29) is 5.41 Å². The molecule has 1 aliphatic carbocycles. The summed E-state index contributed by atoms with van der Waals surface area (Å²) in [4.78, 5) is 0. The van der Waals surface area contributed by atoms with Gasteiger partial charge in [0.2, 0.25) is 0 Å². The largest absolute Gasteiger partial charge is 0.319 e. The SMILES string of the molecule is CNCC1(c2ccccc2C(C)(C)C)CC1. The zero-order chi connectivity index (χ0) is 11.8. The molecule has 16 heavy (non-hydrogen) atoms. The first-order valence-corrected chi connectivity index (χ1v) is 6.24. The maximum absolute atomic E-state index is 3.35. The van der Waals surface area contributed by atoms with E-state index in [4.69, 9.17) is 0 Å². The van der Waals surface area contributed by atoms with Crippen LogP contribution in [0.3, 0.4) is 0 Å². The Hall–Kier alpha value is -0.820. The Bertz CT molecular complexity index is 369. The van der Waals surface area contributed by atoms with Crippen molar-refractivity contribution in [3.05, 3.63) is 35.4 Å². The summed E-state index contributed by atoms with van der Waals surface area (Å²) in [6.07, 6.45) is 2.67. The number of benzene rings is 1. The zero-order valence-corrected chi connectivity index (χ0v) is 10.9. The van der Waals surface area contributed by atoms with Gasteiger partial charge in [-0.1, -0.05) is 45.0 Å². The van der Waals surface area contributed by atoms with Gasteiger partial charge in [-0.3, -0.25) is 0 Å². The van der Waals surface area contributed by atoms with Crippen LogP contribution in [0.15, 0.2) is 24.3 Å². The standard InChI is InChI=1S/C15H23N/c1-14(2,3)12-7-5-6-8-13(12)15(9-10-15)11-16-4/h5-8,16H,9-11H2,1-4H3. The van der Waals surface area contributed by atoms with Gasteiger partial charge >= 0.3 is 0 Å². The van der Waals surface area contributed by atoms with Crippen LogP contribution in [0.2, 0.25) is 0 Å². The van der Waals surface area contributed by atoms with Crippen molar-refractivity contribution < 1.29 is 0 Å². The van der Waals surface area contributed by atoms with Crippen LogP contribution < -0.4 is 5.32 Å². The van der Waals surface area contributed by atoms with Crippen molar-refractivity contribution in [2.24, 2.45) is 0 Å². The average molecular weight is 217 g/mol. The van der Waals surface area contributed by atoms with Crippen molar-refractivity contribution >= 4 is 0 Å². The van der Waals surface area contributed by atoms with Gasteiger partial charge in [-0.05, 0) is 36.4 Å². The molecule has 0 aliphatic heterocycles. The van der Waals surface area contributed by atoms with Gasteiger partial charge in [-0.15, -0.1) is 0 Å². The fourth-order valence-electron chi connectivity index (χ4n) is 2.63. The fraction of sp³-hybridized carbons (Fsp3) is 0.600. The van der Waals surface area contributed by atoms with Crippen molar-refractivity contribution in [2.45, 2.75) is 44.4 Å². The number of nitrogens with one attached hydrogen (secondary N) is 1. The minimum Gasteiger partial charge on any atom is -0.319 e. The summed E-state index contributed by atoms with van der Waals surface area (Å²) in [5, 5.41) is 3.35. The Labute approximate surface area is 99.3 Å². The smallest absolute Gasteiger partial charge is 0.00812 e. The second-order valence-electron chi connectivity index (χ2n) is 6.11. The normalized spacial score (nSPS) is 18.5. The van der Waals surface area contributed by atoms with Crippen LogP contribution in [0.1, 0.15) is 44.7 Å². The van der Waals surface area contributed by atoms with Gasteiger partial charge in [-0.2, -0.15) is 0 Å². The summed E-state index contributed by atoms with van der Waals surface area (Å²) >= 11 is 0. The van der Waals surface area contributed by atoms with Crippen LogP contribution in [0.5, 0.6) is 0 Å². The molecule has 0 unspecified atom stereocenters. The first kappa shape index (κ1) is 11.7. The van der Waals surface area contributed by atoms with E-state index in [1.807, 2.05) is 0 Å². The van der Waals surface area contributed by atoms with Crippen molar-refractivity contribution in [1.82, 2.24) is 5.32 Å². The van der Waals surface area contributed by atoms with E-state index in [1.54, 1.807) is 5.56 Å². The molecule has 1 heteroatoms. The Kier molecular flexibility index (Phi) is 2.83. The first-order chi connectivity index (χ1) is 7.49. The molecular formula is C15H23N. The maximum Gasteiger partial charge on any atom is 0.00812 e. The third kappa shape index (κ3) is 2.01. The number of likely N-dealkylation sites (N-methyl/N-ethyl adjacent to an activating group) is 1. The lowest BCUT2D eigenvalue weighted by atomic mass is 9.79. The quantitative estimate of drug-likeness (QED) is 0.819. The molecule has 1 aromatic carbocycles. The summed E-state index contributed by atoms with van der Waals surface area (Å²) in [6, 6.07) is 8.97. The number of hydrogen-bond acceptors (Lipinski definition) is 1. The van der Waals surface area contributed by atoms with Gasteiger partial charge in [0.25, 0.3) is 0 Å². The molecule has 1 nitrogen and oxygen atoms in total. The van der Waals surface area contributed by atoms with Gasteiger partial charge in [0, 0.05) is 12.0 Å². The van der Waals surface area contributed by atoms with Crippen LogP contribution in [0.25, 0.3) is 0 Å². The number of hydrogen-bond donors (Lipinski definition) is 1. The molecule has 1 fully saturated rings. The first-order valence-electron chi connectivity index (χ1n) is 6.24. The zero-order valence-electron chi connectivity index (χ0n) is 10.9. The fourth-order valence-corrected chi connectivity index (χ4v) is 2.63. The van der Waals surface area contributed by atoms with E-state index < -0.39 is 0 Å². The molecule has 0 aromatic heterocycles. The highest BCUT2D eigenvalue weighted by molar-refractivity contribution is 5.42. The number of rotatable bonds is 3. The van der Waals surface area contributed by atoms with E-state index in [9.17, 15) is 0 Å². The molecule has 1 N–H and O–H groups in total. The molecule has 0 spiro atoms. The predicted molar refractivity (Wildman–Crippen MR) is 70.0 cm³/mol. The van der Waals surface area contributed by atoms with E-state index >= 15 is 0 Å². The van der Waals surface area contributed by atoms with E-state index in [0.29, 0.717) is 5.41 Å². The molecule has 1 aliphatic rings. The van der Waals surface area contributed by atoms with E-state index in [2.05, 4.69) is 57.4 Å². The lowest BCUT2D eigenvalue weighted by Gasteiger charge is -2.27. The van der Waals surface area contributed by atoms with Crippen molar-refractivity contribution in [3.63, 3.8) is 0 Å². The van der Waals surface area contributed by atoms with Crippen LogP contribution >= 0.6 is 0 Å². The lowest BCUT2D eigenvalue weighted by molar-refractivity contribution is 0.552. The maximum atomic E-state index is 3.35. The minimum atomic E-state index is 0.250. The lowest BCUT2D eigenvalue weighted by Crippen LogP contribution is -2.27. The Morgan fingerprint density at radius 2 is 1.81 bits per heavy atom. The summed E-state index contributed by atoms with van der Waals surface area (Å²) in [6.45, 7) is 8.03. The average Bonchev–Trinajstić information content (AvgIpc) is 2.98. The van der Waals surface area contributed by atoms with Gasteiger partial charge in [0.15, 0.2) is 0 Å². The molecular weight excluding hydrogens is 194 g/mol. The molecule has 0 heterocycles. The highest BCUT2D eigenvalue weighted by Crippen LogP contribution is 2.50. The third-order valence-electron chi connectivity index (χ3n) is 3.68. The molecule has 2 rings (SSSR count). The summed E-state index contributed by atoms with van der Waals surface area (Å²) in [5.74, 6) is 0. The van der Waals surface area contributed by atoms with Gasteiger partial charge in [-0.25, -0.2) is 0 Å². The minimum absolute atomic E-state index is 0.250. The summed E-state index contributed by atoms with van der Waals surface area (Å²) in [7, 11) is 2.06. The van der Waals surface area contributed by atoms with Gasteiger partial charge in [0.1, 0.15) is 0 Å². The highest BCUT2D eigenvalue weighted by Gasteiger charge is 2.45. The second kappa shape index (κ2) is 3.89. The molecule has 0 bridgehead atoms.